The summed E-state index contributed by atoms with van der Waals surface area (Å²) in [7, 11) is 0. The van der Waals surface area contributed by atoms with Crippen molar-refractivity contribution in [1.29, 1.82) is 0 Å². The molecule has 45 heavy (non-hydrogen) atoms. The number of furan rings is 1. The standard InChI is InChI=1S/C44H28O/c1-3-13-29(14-4-1)31-17-11-18-33(27-31)42-34-19-7-9-21-36(34)43(37-22-10-8-20-35(37)42)39-23-12-24-40-44(39)38-26-25-32(28-41(38)45-40)30-15-5-2-6-16-30/h1-28H. The monoisotopic (exact) mass is 572 g/mol. The van der Waals surface area contributed by atoms with Crippen LogP contribution in [0.25, 0.3) is 88.0 Å². The number of rotatable bonds is 4. The zero-order valence-electron chi connectivity index (χ0n) is 24.6. The van der Waals surface area contributed by atoms with Gasteiger partial charge in [-0.25, -0.2) is 0 Å². The third-order valence-electron chi connectivity index (χ3n) is 9.06. The van der Waals surface area contributed by atoms with Crippen molar-refractivity contribution in [3.63, 3.8) is 0 Å². The maximum atomic E-state index is 6.55. The summed E-state index contributed by atoms with van der Waals surface area (Å²) in [5.41, 5.74) is 11.5. The Kier molecular flexibility index (Phi) is 5.89. The molecule has 8 aromatic carbocycles. The van der Waals surface area contributed by atoms with E-state index in [-0.39, 0.29) is 0 Å². The quantitative estimate of drug-likeness (QED) is 0.191. The van der Waals surface area contributed by atoms with Gasteiger partial charge in [-0.1, -0.05) is 146 Å². The molecule has 0 atom stereocenters. The Labute approximate surface area is 261 Å². The minimum absolute atomic E-state index is 0.903. The van der Waals surface area contributed by atoms with Gasteiger partial charge in [0, 0.05) is 10.8 Å². The van der Waals surface area contributed by atoms with Crippen molar-refractivity contribution in [3.05, 3.63) is 170 Å². The fourth-order valence-corrected chi connectivity index (χ4v) is 7.06. The number of benzene rings is 8. The minimum Gasteiger partial charge on any atom is -0.456 e. The molecule has 9 aromatic rings. The zero-order chi connectivity index (χ0) is 29.7. The fourth-order valence-electron chi connectivity index (χ4n) is 7.06. The predicted octanol–water partition coefficient (Wildman–Crippen LogP) is 12.6. The molecular formula is C44H28O. The van der Waals surface area contributed by atoms with Gasteiger partial charge in [0.25, 0.3) is 0 Å². The first-order valence-corrected chi connectivity index (χ1v) is 15.4. The zero-order valence-corrected chi connectivity index (χ0v) is 24.6. The smallest absolute Gasteiger partial charge is 0.136 e. The minimum atomic E-state index is 0.903. The van der Waals surface area contributed by atoms with E-state index in [1.54, 1.807) is 0 Å². The Morgan fingerprint density at radius 1 is 0.289 bits per heavy atom. The van der Waals surface area contributed by atoms with Crippen LogP contribution in [0.1, 0.15) is 0 Å². The molecule has 9 rings (SSSR count). The molecule has 0 aliphatic rings. The highest BCUT2D eigenvalue weighted by molar-refractivity contribution is 6.25. The molecule has 0 spiro atoms. The van der Waals surface area contributed by atoms with E-state index in [9.17, 15) is 0 Å². The lowest BCUT2D eigenvalue weighted by molar-refractivity contribution is 0.669. The van der Waals surface area contributed by atoms with E-state index in [0.717, 1.165) is 27.5 Å². The van der Waals surface area contributed by atoms with Gasteiger partial charge in [0.15, 0.2) is 0 Å². The summed E-state index contributed by atoms with van der Waals surface area (Å²) in [5.74, 6) is 0. The Balaban J connectivity index is 1.33. The lowest BCUT2D eigenvalue weighted by Crippen LogP contribution is -1.91. The van der Waals surface area contributed by atoms with Crippen molar-refractivity contribution in [3.8, 4) is 44.5 Å². The molecule has 0 unspecified atom stereocenters. The number of fused-ring (bicyclic) bond motifs is 5. The van der Waals surface area contributed by atoms with E-state index < -0.39 is 0 Å². The van der Waals surface area contributed by atoms with Crippen LogP contribution >= 0.6 is 0 Å². The van der Waals surface area contributed by atoms with Crippen LogP contribution in [0.15, 0.2) is 174 Å². The second kappa shape index (κ2) is 10.4. The van der Waals surface area contributed by atoms with E-state index in [1.165, 1.54) is 60.5 Å². The van der Waals surface area contributed by atoms with Gasteiger partial charge < -0.3 is 4.42 Å². The van der Waals surface area contributed by atoms with E-state index >= 15 is 0 Å². The van der Waals surface area contributed by atoms with E-state index in [4.69, 9.17) is 4.42 Å². The Hall–Kier alpha value is -5.92. The van der Waals surface area contributed by atoms with Crippen LogP contribution in [0, 0.1) is 0 Å². The molecule has 210 valence electrons. The van der Waals surface area contributed by atoms with Crippen molar-refractivity contribution < 1.29 is 4.42 Å². The largest absolute Gasteiger partial charge is 0.456 e. The van der Waals surface area contributed by atoms with Crippen LogP contribution in [0.3, 0.4) is 0 Å². The molecule has 1 heterocycles. The van der Waals surface area contributed by atoms with Gasteiger partial charge in [-0.3, -0.25) is 0 Å². The van der Waals surface area contributed by atoms with Crippen molar-refractivity contribution >= 4 is 43.5 Å². The maximum absolute atomic E-state index is 6.55. The van der Waals surface area contributed by atoms with Crippen LogP contribution in [0.4, 0.5) is 0 Å². The Bertz CT molecular complexity index is 2460. The third kappa shape index (κ3) is 4.17. The van der Waals surface area contributed by atoms with Crippen molar-refractivity contribution in [2.24, 2.45) is 0 Å². The summed E-state index contributed by atoms with van der Waals surface area (Å²) in [6.45, 7) is 0. The molecule has 0 aliphatic heterocycles. The SMILES string of the molecule is c1ccc(-c2cccc(-c3c4ccccc4c(-c4cccc5oc6cc(-c7ccccc7)ccc6c45)c4ccccc34)c2)cc1. The van der Waals surface area contributed by atoms with Gasteiger partial charge in [-0.2, -0.15) is 0 Å². The highest BCUT2D eigenvalue weighted by Gasteiger charge is 2.20. The normalized spacial score (nSPS) is 11.6. The molecule has 1 aromatic heterocycles. The van der Waals surface area contributed by atoms with E-state index in [2.05, 4.69) is 170 Å². The predicted molar refractivity (Wildman–Crippen MR) is 190 cm³/mol. The molecule has 0 aliphatic carbocycles. The van der Waals surface area contributed by atoms with Crippen LogP contribution in [0.5, 0.6) is 0 Å². The van der Waals surface area contributed by atoms with Gasteiger partial charge in [0.05, 0.1) is 0 Å². The summed E-state index contributed by atoms with van der Waals surface area (Å²) in [6, 6.07) is 60.9. The first-order chi connectivity index (χ1) is 22.3. The molecule has 1 nitrogen and oxygen atoms in total. The van der Waals surface area contributed by atoms with Crippen LogP contribution < -0.4 is 0 Å². The van der Waals surface area contributed by atoms with Crippen molar-refractivity contribution in [1.82, 2.24) is 0 Å². The Morgan fingerprint density at radius 2 is 0.800 bits per heavy atom. The average molecular weight is 573 g/mol. The molecule has 0 fully saturated rings. The van der Waals surface area contributed by atoms with E-state index in [1.807, 2.05) is 0 Å². The average Bonchev–Trinajstić information content (AvgIpc) is 3.50. The van der Waals surface area contributed by atoms with Crippen LogP contribution in [0.2, 0.25) is 0 Å². The Morgan fingerprint density at radius 3 is 1.44 bits per heavy atom. The fraction of sp³-hybridized carbons (Fsp3) is 0. The van der Waals surface area contributed by atoms with Crippen molar-refractivity contribution in [2.45, 2.75) is 0 Å². The van der Waals surface area contributed by atoms with Crippen molar-refractivity contribution in [2.75, 3.05) is 0 Å². The van der Waals surface area contributed by atoms with Gasteiger partial charge in [-0.15, -0.1) is 0 Å². The molecule has 0 saturated heterocycles. The van der Waals surface area contributed by atoms with Gasteiger partial charge in [-0.05, 0) is 90.3 Å². The maximum Gasteiger partial charge on any atom is 0.136 e. The summed E-state index contributed by atoms with van der Waals surface area (Å²) in [4.78, 5) is 0. The lowest BCUT2D eigenvalue weighted by atomic mass is 9.84. The molecule has 1 heteroatoms. The second-order valence-corrected chi connectivity index (χ2v) is 11.6. The van der Waals surface area contributed by atoms with Crippen LogP contribution in [-0.2, 0) is 0 Å². The molecular weight excluding hydrogens is 544 g/mol. The summed E-state index contributed by atoms with van der Waals surface area (Å²) < 4.78 is 6.55. The lowest BCUT2D eigenvalue weighted by Gasteiger charge is -2.18. The summed E-state index contributed by atoms with van der Waals surface area (Å²) >= 11 is 0. The highest BCUT2D eigenvalue weighted by atomic mass is 16.3. The summed E-state index contributed by atoms with van der Waals surface area (Å²) in [6.07, 6.45) is 0. The summed E-state index contributed by atoms with van der Waals surface area (Å²) in [5, 5.41) is 7.24. The highest BCUT2D eigenvalue weighted by Crippen LogP contribution is 2.47. The molecule has 0 bridgehead atoms. The molecule has 0 amide bonds. The van der Waals surface area contributed by atoms with Crippen LogP contribution in [-0.4, -0.2) is 0 Å². The van der Waals surface area contributed by atoms with Gasteiger partial charge >= 0.3 is 0 Å². The third-order valence-corrected chi connectivity index (χ3v) is 9.06. The first kappa shape index (κ1) is 25.6. The number of hydrogen-bond acceptors (Lipinski definition) is 1. The van der Waals surface area contributed by atoms with Gasteiger partial charge in [0.1, 0.15) is 11.2 Å². The molecule has 0 N–H and O–H groups in total. The topological polar surface area (TPSA) is 13.1 Å². The molecule has 0 radical (unpaired) electrons. The number of hydrogen-bond donors (Lipinski definition) is 0. The molecule has 0 saturated carbocycles. The second-order valence-electron chi connectivity index (χ2n) is 11.6. The van der Waals surface area contributed by atoms with E-state index in [0.29, 0.717) is 0 Å². The first-order valence-electron chi connectivity index (χ1n) is 15.4. The van der Waals surface area contributed by atoms with Gasteiger partial charge in [0.2, 0.25) is 0 Å².